The minimum absolute atomic E-state index is 0.549. The molecule has 2 heterocycles. The molecule has 5 nitrogen and oxygen atoms in total. The molecule has 0 fully saturated rings. The van der Waals surface area contributed by atoms with E-state index < -0.39 is 0 Å². The topological polar surface area (TPSA) is 44.9 Å². The predicted molar refractivity (Wildman–Crippen MR) is 83.0 cm³/mol. The summed E-state index contributed by atoms with van der Waals surface area (Å²) in [5.74, 6) is 2.36. The molecule has 0 saturated carbocycles. The molecule has 3 aromatic rings. The van der Waals surface area contributed by atoms with Crippen LogP contribution < -0.4 is 4.74 Å². The fourth-order valence-corrected chi connectivity index (χ4v) is 2.64. The number of hydrogen-bond acceptors (Lipinski definition) is 3. The van der Waals surface area contributed by atoms with Crippen LogP contribution in [0.2, 0.25) is 0 Å². The molecule has 1 aromatic carbocycles. The average molecular weight is 305 g/mol. The number of hydrogen-bond donors (Lipinski definition) is 0. The maximum Gasteiger partial charge on any atom is 0.121 e. The number of rotatable bonds is 5. The van der Waals surface area contributed by atoms with Gasteiger partial charge in [-0.15, -0.1) is 11.6 Å². The molecule has 0 saturated heterocycles. The second-order valence-corrected chi connectivity index (χ2v) is 5.31. The Kier molecular flexibility index (Phi) is 3.84. The van der Waals surface area contributed by atoms with Gasteiger partial charge in [-0.05, 0) is 12.1 Å². The van der Waals surface area contributed by atoms with Gasteiger partial charge in [-0.25, -0.2) is 4.98 Å². The van der Waals surface area contributed by atoms with E-state index in [1.807, 2.05) is 37.6 Å². The van der Waals surface area contributed by atoms with Gasteiger partial charge in [-0.1, -0.05) is 0 Å². The van der Waals surface area contributed by atoms with Gasteiger partial charge < -0.3 is 9.30 Å². The van der Waals surface area contributed by atoms with Crippen LogP contribution >= 0.6 is 11.6 Å². The minimum atomic E-state index is 0.549. The number of halogens is 1. The van der Waals surface area contributed by atoms with Crippen LogP contribution in [0.3, 0.4) is 0 Å². The molecule has 110 valence electrons. The Bertz CT molecular complexity index is 762. The van der Waals surface area contributed by atoms with Gasteiger partial charge in [0.1, 0.15) is 11.6 Å². The molecule has 0 bridgehead atoms. The number of benzene rings is 1. The van der Waals surface area contributed by atoms with Crippen molar-refractivity contribution in [2.24, 2.45) is 7.05 Å². The van der Waals surface area contributed by atoms with Crippen LogP contribution in [-0.2, 0) is 20.0 Å². The zero-order valence-electron chi connectivity index (χ0n) is 12.1. The lowest BCUT2D eigenvalue weighted by molar-refractivity contribution is 0.415. The standard InChI is InChI=1S/C15H17ClN4O/c1-19-9-11(8-17-19)10-20-14-7-12(21-2)3-4-13(14)18-15(20)5-6-16/h3-4,7-9H,5-6,10H2,1-2H3. The third kappa shape index (κ3) is 2.74. The molecular formula is C15H17ClN4O. The molecule has 0 atom stereocenters. The SMILES string of the molecule is COc1ccc2nc(CCCl)n(Cc3cnn(C)c3)c2c1. The van der Waals surface area contributed by atoms with E-state index in [2.05, 4.69) is 14.6 Å². The van der Waals surface area contributed by atoms with Crippen molar-refractivity contribution in [1.29, 1.82) is 0 Å². The van der Waals surface area contributed by atoms with Crippen LogP contribution in [0, 0.1) is 0 Å². The lowest BCUT2D eigenvalue weighted by Gasteiger charge is -2.07. The van der Waals surface area contributed by atoms with Gasteiger partial charge in [0, 0.05) is 37.2 Å². The van der Waals surface area contributed by atoms with Crippen molar-refractivity contribution in [3.8, 4) is 5.75 Å². The summed E-state index contributed by atoms with van der Waals surface area (Å²) >= 11 is 5.91. The van der Waals surface area contributed by atoms with Crippen molar-refractivity contribution in [2.45, 2.75) is 13.0 Å². The van der Waals surface area contributed by atoms with E-state index in [1.165, 1.54) is 0 Å². The van der Waals surface area contributed by atoms with Crippen LogP contribution in [-0.4, -0.2) is 32.3 Å². The average Bonchev–Trinajstić information content (AvgIpc) is 3.04. The first-order valence-electron chi connectivity index (χ1n) is 6.78. The Morgan fingerprint density at radius 2 is 2.19 bits per heavy atom. The molecule has 6 heteroatoms. The lowest BCUT2D eigenvalue weighted by Crippen LogP contribution is -2.05. The molecule has 0 aliphatic heterocycles. The van der Waals surface area contributed by atoms with Gasteiger partial charge in [0.25, 0.3) is 0 Å². The highest BCUT2D eigenvalue weighted by molar-refractivity contribution is 6.17. The molecule has 0 aliphatic rings. The van der Waals surface area contributed by atoms with Crippen molar-refractivity contribution >= 4 is 22.6 Å². The van der Waals surface area contributed by atoms with Gasteiger partial charge in [-0.3, -0.25) is 4.68 Å². The molecule has 0 radical (unpaired) electrons. The van der Waals surface area contributed by atoms with Crippen LogP contribution in [0.4, 0.5) is 0 Å². The number of aryl methyl sites for hydroxylation is 2. The summed E-state index contributed by atoms with van der Waals surface area (Å²) in [4.78, 5) is 4.68. The smallest absolute Gasteiger partial charge is 0.121 e. The highest BCUT2D eigenvalue weighted by Crippen LogP contribution is 2.23. The Morgan fingerprint density at radius 3 is 2.86 bits per heavy atom. The van der Waals surface area contributed by atoms with Gasteiger partial charge in [-0.2, -0.15) is 5.10 Å². The molecule has 2 aromatic heterocycles. The summed E-state index contributed by atoms with van der Waals surface area (Å²) < 4.78 is 9.30. The predicted octanol–water partition coefficient (Wildman–Crippen LogP) is 2.61. The number of alkyl halides is 1. The van der Waals surface area contributed by atoms with Crippen LogP contribution in [0.15, 0.2) is 30.6 Å². The summed E-state index contributed by atoms with van der Waals surface area (Å²) in [5.41, 5.74) is 3.15. The molecule has 0 aliphatic carbocycles. The normalized spacial score (nSPS) is 11.2. The molecule has 0 N–H and O–H groups in total. The van der Waals surface area contributed by atoms with Crippen LogP contribution in [0.1, 0.15) is 11.4 Å². The van der Waals surface area contributed by atoms with Crippen LogP contribution in [0.5, 0.6) is 5.75 Å². The zero-order chi connectivity index (χ0) is 14.8. The van der Waals surface area contributed by atoms with Gasteiger partial charge in [0.2, 0.25) is 0 Å². The number of fused-ring (bicyclic) bond motifs is 1. The summed E-state index contributed by atoms with van der Waals surface area (Å²) in [6.45, 7) is 0.726. The van der Waals surface area contributed by atoms with E-state index in [-0.39, 0.29) is 0 Å². The maximum absolute atomic E-state index is 5.91. The molecule has 21 heavy (non-hydrogen) atoms. The second kappa shape index (κ2) is 5.77. The first-order valence-corrected chi connectivity index (χ1v) is 7.31. The number of ether oxygens (including phenoxy) is 1. The van der Waals surface area contributed by atoms with Crippen molar-refractivity contribution in [3.05, 3.63) is 42.0 Å². The van der Waals surface area contributed by atoms with Crippen molar-refractivity contribution < 1.29 is 4.74 Å². The highest BCUT2D eigenvalue weighted by Gasteiger charge is 2.12. The Hall–Kier alpha value is -2.01. The largest absolute Gasteiger partial charge is 0.497 e. The van der Waals surface area contributed by atoms with E-state index in [9.17, 15) is 0 Å². The van der Waals surface area contributed by atoms with Crippen molar-refractivity contribution in [2.75, 3.05) is 13.0 Å². The summed E-state index contributed by atoms with van der Waals surface area (Å²) in [6.07, 6.45) is 4.62. The van der Waals surface area contributed by atoms with Crippen molar-refractivity contribution in [1.82, 2.24) is 19.3 Å². The quantitative estimate of drug-likeness (QED) is 0.681. The third-order valence-corrected chi connectivity index (χ3v) is 3.64. The molecule has 3 rings (SSSR count). The number of nitrogens with zero attached hydrogens (tertiary/aromatic N) is 4. The Labute approximate surface area is 128 Å². The molecule has 0 unspecified atom stereocenters. The third-order valence-electron chi connectivity index (χ3n) is 3.45. The number of methoxy groups -OCH3 is 1. The number of imidazole rings is 1. The first kappa shape index (κ1) is 13.9. The minimum Gasteiger partial charge on any atom is -0.497 e. The van der Waals surface area contributed by atoms with E-state index in [0.29, 0.717) is 5.88 Å². The molecule has 0 spiro atoms. The zero-order valence-corrected chi connectivity index (χ0v) is 12.8. The molecular weight excluding hydrogens is 288 g/mol. The van der Waals surface area contributed by atoms with Gasteiger partial charge in [0.15, 0.2) is 0 Å². The fraction of sp³-hybridized carbons (Fsp3) is 0.333. The van der Waals surface area contributed by atoms with Crippen LogP contribution in [0.25, 0.3) is 11.0 Å². The second-order valence-electron chi connectivity index (χ2n) is 4.93. The summed E-state index contributed by atoms with van der Waals surface area (Å²) in [5, 5.41) is 4.22. The Balaban J connectivity index is 2.09. The van der Waals surface area contributed by atoms with E-state index in [4.69, 9.17) is 16.3 Å². The monoisotopic (exact) mass is 304 g/mol. The fourth-order valence-electron chi connectivity index (χ4n) is 2.47. The van der Waals surface area contributed by atoms with Gasteiger partial charge >= 0.3 is 0 Å². The summed E-state index contributed by atoms with van der Waals surface area (Å²) in [6, 6.07) is 5.91. The highest BCUT2D eigenvalue weighted by atomic mass is 35.5. The lowest BCUT2D eigenvalue weighted by atomic mass is 10.3. The Morgan fingerprint density at radius 1 is 1.33 bits per heavy atom. The van der Waals surface area contributed by atoms with Crippen molar-refractivity contribution in [3.63, 3.8) is 0 Å². The van der Waals surface area contributed by atoms with E-state index >= 15 is 0 Å². The maximum atomic E-state index is 5.91. The van der Waals surface area contributed by atoms with E-state index in [0.717, 1.165) is 41.1 Å². The number of aromatic nitrogens is 4. The first-order chi connectivity index (χ1) is 10.2. The summed E-state index contributed by atoms with van der Waals surface area (Å²) in [7, 11) is 3.58. The van der Waals surface area contributed by atoms with E-state index in [1.54, 1.807) is 11.8 Å². The molecule has 0 amide bonds. The van der Waals surface area contributed by atoms with Gasteiger partial charge in [0.05, 0.1) is 30.9 Å².